The third-order valence-corrected chi connectivity index (χ3v) is 6.99. The average Bonchev–Trinajstić information content (AvgIpc) is 3.12. The van der Waals surface area contributed by atoms with E-state index >= 15 is 0 Å². The van der Waals surface area contributed by atoms with Crippen LogP contribution >= 0.6 is 0 Å². The van der Waals surface area contributed by atoms with E-state index in [2.05, 4.69) is 0 Å². The zero-order valence-electron chi connectivity index (χ0n) is 21.5. The summed E-state index contributed by atoms with van der Waals surface area (Å²) < 4.78 is 21.9. The molecule has 2 N–H and O–H groups in total. The number of carbonyl (C=O) groups excluding carboxylic acids is 4. The van der Waals surface area contributed by atoms with Gasteiger partial charge < -0.3 is 29.2 Å². The zero-order chi connectivity index (χ0) is 26.7. The maximum absolute atomic E-state index is 13.1. The molecule has 35 heavy (non-hydrogen) atoms. The van der Waals surface area contributed by atoms with E-state index in [-0.39, 0.29) is 19.4 Å². The fourth-order valence-electron chi connectivity index (χ4n) is 4.51. The summed E-state index contributed by atoms with van der Waals surface area (Å²) in [5, 5.41) is 22.8. The summed E-state index contributed by atoms with van der Waals surface area (Å²) in [5.41, 5.74) is -1.87. The Kier molecular flexibility index (Phi) is 9.61. The fourth-order valence-corrected chi connectivity index (χ4v) is 4.51. The quantitative estimate of drug-likeness (QED) is 0.312. The minimum atomic E-state index is -2.19. The molecule has 0 radical (unpaired) electrons. The number of hydrogen-bond acceptors (Lipinski definition) is 10. The predicted molar refractivity (Wildman–Crippen MR) is 123 cm³/mol. The van der Waals surface area contributed by atoms with Crippen molar-refractivity contribution < 1.29 is 48.3 Å². The standard InChI is InChI=1S/C25H38O10/c1-8-13(4)23(29)33-19-14(5)9-10-16(26)25(6,31)21(35-22(28)12(2)3)20-17(18(19)27)15(11-32-7)24(30)34-20/h8,12,14-15,17-21,27,31H,9-11H2,1-7H3/b13-8-/t14-,15+,17-,18-,19-,20+,21-,25+/m1/s1. The van der Waals surface area contributed by atoms with Gasteiger partial charge in [-0.15, -0.1) is 0 Å². The highest BCUT2D eigenvalue weighted by Gasteiger charge is 2.60. The molecule has 0 unspecified atom stereocenters. The second-order valence-electron chi connectivity index (χ2n) is 9.97. The van der Waals surface area contributed by atoms with Crippen LogP contribution in [-0.2, 0) is 38.1 Å². The Morgan fingerprint density at radius 3 is 2.43 bits per heavy atom. The van der Waals surface area contributed by atoms with Crippen molar-refractivity contribution in [3.63, 3.8) is 0 Å². The molecule has 1 aliphatic carbocycles. The van der Waals surface area contributed by atoms with Crippen molar-refractivity contribution in [2.75, 3.05) is 13.7 Å². The van der Waals surface area contributed by atoms with Crippen molar-refractivity contribution in [1.29, 1.82) is 0 Å². The summed E-state index contributed by atoms with van der Waals surface area (Å²) in [6, 6.07) is 0. The number of Topliss-reactive ketones (excluding diaryl/α,β-unsaturated/α-hetero) is 1. The number of carbonyl (C=O) groups is 4. The lowest BCUT2D eigenvalue weighted by atomic mass is 9.73. The van der Waals surface area contributed by atoms with Crippen molar-refractivity contribution in [2.45, 2.75) is 84.4 Å². The number of aliphatic hydroxyl groups is 2. The van der Waals surface area contributed by atoms with Crippen LogP contribution in [-0.4, -0.2) is 77.6 Å². The zero-order valence-corrected chi connectivity index (χ0v) is 21.5. The minimum Gasteiger partial charge on any atom is -0.458 e. The summed E-state index contributed by atoms with van der Waals surface area (Å²) >= 11 is 0. The lowest BCUT2D eigenvalue weighted by molar-refractivity contribution is -0.199. The molecule has 8 atom stereocenters. The van der Waals surface area contributed by atoms with Crippen LogP contribution in [0.15, 0.2) is 11.6 Å². The molecule has 0 amide bonds. The van der Waals surface area contributed by atoms with Gasteiger partial charge in [0.1, 0.15) is 12.2 Å². The monoisotopic (exact) mass is 498 g/mol. The van der Waals surface area contributed by atoms with Crippen LogP contribution in [0.5, 0.6) is 0 Å². The van der Waals surface area contributed by atoms with Gasteiger partial charge >= 0.3 is 17.9 Å². The van der Waals surface area contributed by atoms with E-state index in [1.165, 1.54) is 14.0 Å². The first kappa shape index (κ1) is 28.9. The molecule has 0 aromatic heterocycles. The smallest absolute Gasteiger partial charge is 0.333 e. The van der Waals surface area contributed by atoms with Gasteiger partial charge in [-0.25, -0.2) is 4.79 Å². The third-order valence-electron chi connectivity index (χ3n) is 6.99. The molecule has 0 aromatic carbocycles. The molecule has 0 spiro atoms. The van der Waals surface area contributed by atoms with E-state index in [0.717, 1.165) is 0 Å². The Bertz CT molecular complexity index is 845. The Morgan fingerprint density at radius 2 is 1.89 bits per heavy atom. The number of aliphatic hydroxyl groups excluding tert-OH is 1. The molecule has 1 heterocycles. The van der Waals surface area contributed by atoms with Crippen molar-refractivity contribution in [2.24, 2.45) is 23.7 Å². The highest BCUT2D eigenvalue weighted by atomic mass is 16.6. The molecule has 2 fully saturated rings. The van der Waals surface area contributed by atoms with Crippen molar-refractivity contribution in [3.05, 3.63) is 11.6 Å². The van der Waals surface area contributed by atoms with Crippen molar-refractivity contribution in [1.82, 2.24) is 0 Å². The number of methoxy groups -OCH3 is 1. The number of rotatable bonds is 6. The summed E-state index contributed by atoms with van der Waals surface area (Å²) in [6.07, 6.45) is -3.91. The number of allylic oxidation sites excluding steroid dienone is 1. The minimum absolute atomic E-state index is 0.138. The van der Waals surface area contributed by atoms with Crippen LogP contribution < -0.4 is 0 Å². The van der Waals surface area contributed by atoms with Crippen LogP contribution in [0.25, 0.3) is 0 Å². The first-order valence-electron chi connectivity index (χ1n) is 11.9. The maximum atomic E-state index is 13.1. The molecule has 2 aliphatic rings. The summed E-state index contributed by atoms with van der Waals surface area (Å²) in [7, 11) is 1.37. The van der Waals surface area contributed by atoms with Crippen molar-refractivity contribution >= 4 is 23.7 Å². The van der Waals surface area contributed by atoms with Gasteiger partial charge in [-0.2, -0.15) is 0 Å². The van der Waals surface area contributed by atoms with Gasteiger partial charge in [0.2, 0.25) is 0 Å². The van der Waals surface area contributed by atoms with Crippen LogP contribution in [0, 0.1) is 23.7 Å². The maximum Gasteiger partial charge on any atom is 0.333 e. The molecular formula is C25H38O10. The number of esters is 3. The largest absolute Gasteiger partial charge is 0.458 e. The van der Waals surface area contributed by atoms with Gasteiger partial charge in [-0.1, -0.05) is 26.8 Å². The number of hydrogen-bond donors (Lipinski definition) is 2. The lowest BCUT2D eigenvalue weighted by Crippen LogP contribution is -2.60. The Morgan fingerprint density at radius 1 is 1.26 bits per heavy atom. The van der Waals surface area contributed by atoms with Gasteiger partial charge in [0.15, 0.2) is 17.5 Å². The lowest BCUT2D eigenvalue weighted by Gasteiger charge is -2.41. The van der Waals surface area contributed by atoms with Gasteiger partial charge in [-0.3, -0.25) is 14.4 Å². The first-order chi connectivity index (χ1) is 16.3. The van der Waals surface area contributed by atoms with E-state index < -0.39 is 77.4 Å². The van der Waals surface area contributed by atoms with E-state index in [4.69, 9.17) is 18.9 Å². The van der Waals surface area contributed by atoms with Crippen LogP contribution in [0.4, 0.5) is 0 Å². The molecule has 1 saturated carbocycles. The molecule has 1 saturated heterocycles. The van der Waals surface area contributed by atoms with Gasteiger partial charge in [-0.05, 0) is 33.1 Å². The predicted octanol–water partition coefficient (Wildman–Crippen LogP) is 1.35. The fraction of sp³-hybridized carbons (Fsp3) is 0.760. The highest BCUT2D eigenvalue weighted by Crippen LogP contribution is 2.42. The number of ether oxygens (including phenoxy) is 4. The van der Waals surface area contributed by atoms with Gasteiger partial charge in [0, 0.05) is 25.0 Å². The molecule has 10 nitrogen and oxygen atoms in total. The molecule has 2 rings (SSSR count). The van der Waals surface area contributed by atoms with E-state index in [1.54, 1.807) is 40.7 Å². The van der Waals surface area contributed by atoms with Crippen LogP contribution in [0.3, 0.4) is 0 Å². The number of fused-ring (bicyclic) bond motifs is 1. The Labute approximate surface area is 205 Å². The van der Waals surface area contributed by atoms with E-state index in [9.17, 15) is 29.4 Å². The number of ketones is 1. The second-order valence-corrected chi connectivity index (χ2v) is 9.97. The second kappa shape index (κ2) is 11.6. The van der Waals surface area contributed by atoms with E-state index in [1.807, 2.05) is 0 Å². The highest BCUT2D eigenvalue weighted by molar-refractivity contribution is 5.89. The van der Waals surface area contributed by atoms with Crippen LogP contribution in [0.2, 0.25) is 0 Å². The molecular weight excluding hydrogens is 460 g/mol. The van der Waals surface area contributed by atoms with E-state index in [0.29, 0.717) is 5.57 Å². The third kappa shape index (κ3) is 6.10. The van der Waals surface area contributed by atoms with Crippen LogP contribution in [0.1, 0.15) is 54.4 Å². The SMILES string of the molecule is C/C=C(/C)C(=O)O[C@H]1[C@H](O)[C@@H]2[C@H](OC(=O)[C@H]2COC)[C@@H](OC(=O)C(C)C)[C@@](C)(O)C(=O)CC[C@H]1C. The molecule has 0 bridgehead atoms. The molecule has 1 aliphatic heterocycles. The van der Waals surface area contributed by atoms with Gasteiger partial charge in [0.05, 0.1) is 24.5 Å². The average molecular weight is 499 g/mol. The van der Waals surface area contributed by atoms with Crippen molar-refractivity contribution in [3.8, 4) is 0 Å². The Balaban J connectivity index is 2.64. The normalized spacial score (nSPS) is 36.4. The summed E-state index contributed by atoms with van der Waals surface area (Å²) in [4.78, 5) is 51.1. The van der Waals surface area contributed by atoms with Gasteiger partial charge in [0.25, 0.3) is 0 Å². The molecule has 198 valence electrons. The first-order valence-corrected chi connectivity index (χ1v) is 11.9. The molecule has 10 heteroatoms. The topological polar surface area (TPSA) is 146 Å². The summed E-state index contributed by atoms with van der Waals surface area (Å²) in [5.74, 6) is -5.93. The summed E-state index contributed by atoms with van der Waals surface area (Å²) in [6.45, 7) is 9.20. The Hall–Kier alpha value is -2.30. The molecule has 0 aromatic rings.